The van der Waals surface area contributed by atoms with Crippen LogP contribution in [0.25, 0.3) is 4.85 Å². The van der Waals surface area contributed by atoms with Crippen LogP contribution < -0.4 is 11.3 Å². The summed E-state index contributed by atoms with van der Waals surface area (Å²) in [6.45, 7) is 10.1. The Morgan fingerprint density at radius 1 is 1.33 bits per heavy atom. The van der Waals surface area contributed by atoms with Crippen molar-refractivity contribution in [1.29, 1.82) is 0 Å². The van der Waals surface area contributed by atoms with Crippen molar-refractivity contribution in [3.63, 3.8) is 0 Å². The Hall–Kier alpha value is -3.19. The summed E-state index contributed by atoms with van der Waals surface area (Å²) in [7, 11) is 0. The molecule has 2 atom stereocenters. The maximum atomic E-state index is 12.6. The van der Waals surface area contributed by atoms with Crippen molar-refractivity contribution in [3.8, 4) is 5.75 Å². The quantitative estimate of drug-likeness (QED) is 0.211. The molecule has 0 radical (unpaired) electrons. The number of hydrogen-bond donors (Lipinski definition) is 5. The molecule has 0 fully saturated rings. The molecule has 2 aromatic carbocycles. The highest BCUT2D eigenvalue weighted by Gasteiger charge is 2.24. The second kappa shape index (κ2) is 11.1. The normalized spacial score (nSPS) is 12.0. The summed E-state index contributed by atoms with van der Waals surface area (Å²) in [5.41, 5.74) is 3.68. The Bertz CT molecular complexity index is 976. The number of aliphatic hydroxyl groups excluding tert-OH is 1. The van der Waals surface area contributed by atoms with Gasteiger partial charge >= 0.3 is 5.97 Å². The van der Waals surface area contributed by atoms with Gasteiger partial charge in [0.05, 0.1) is 23.6 Å². The number of nitrogens with two attached hydrogens (primary N) is 1. The van der Waals surface area contributed by atoms with E-state index in [9.17, 15) is 19.1 Å². The molecule has 30 heavy (non-hydrogen) atoms. The van der Waals surface area contributed by atoms with Crippen LogP contribution in [0, 0.1) is 25.2 Å². The lowest BCUT2D eigenvalue weighted by atomic mass is 9.92. The van der Waals surface area contributed by atoms with Crippen molar-refractivity contribution in [3.05, 3.63) is 69.3 Å². The molecule has 0 aromatic heterocycles. The number of carboxylic acid groups (broad SMARTS) is 1. The Kier molecular flexibility index (Phi) is 9.20. The third-order valence-electron chi connectivity index (χ3n) is 4.28. The molecule has 0 heterocycles. The molecule has 8 nitrogen and oxygen atoms in total. The number of aliphatic hydroxyl groups is 1. The predicted octanol–water partition coefficient (Wildman–Crippen LogP) is 2.96. The zero-order valence-corrected chi connectivity index (χ0v) is 16.9. The zero-order valence-electron chi connectivity index (χ0n) is 16.2. The summed E-state index contributed by atoms with van der Waals surface area (Å²) in [4.78, 5) is 25.1. The maximum Gasteiger partial charge on any atom is 0.309 e. The Balaban J connectivity index is 0.000000325. The zero-order chi connectivity index (χ0) is 23.0. The summed E-state index contributed by atoms with van der Waals surface area (Å²) in [6.07, 6.45) is -0.752. The number of carbonyl (C=O) groups excluding carboxylic acids is 1. The largest absolute Gasteiger partial charge is 0.505 e. The van der Waals surface area contributed by atoms with Crippen LogP contribution in [-0.2, 0) is 11.2 Å². The van der Waals surface area contributed by atoms with Gasteiger partial charge in [0.1, 0.15) is 0 Å². The van der Waals surface area contributed by atoms with E-state index in [-0.39, 0.29) is 12.0 Å². The van der Waals surface area contributed by atoms with E-state index in [1.54, 1.807) is 19.1 Å². The predicted molar refractivity (Wildman–Crippen MR) is 109 cm³/mol. The number of phenols is 1. The van der Waals surface area contributed by atoms with E-state index >= 15 is 0 Å². The molecule has 0 bridgehead atoms. The number of amides is 1. The number of hydrogen-bond acceptors (Lipinski definition) is 5. The van der Waals surface area contributed by atoms with Crippen LogP contribution in [0.4, 0.5) is 10.1 Å². The van der Waals surface area contributed by atoms with Gasteiger partial charge < -0.3 is 15.3 Å². The van der Waals surface area contributed by atoms with Gasteiger partial charge in [-0.15, -0.1) is 0 Å². The van der Waals surface area contributed by atoms with Crippen LogP contribution in [0.2, 0.25) is 5.02 Å². The second-order valence-electron chi connectivity index (χ2n) is 6.32. The number of nitrogens with one attached hydrogen (secondary N) is 1. The lowest BCUT2D eigenvalue weighted by molar-refractivity contribution is -0.145. The average Bonchev–Trinajstić information content (AvgIpc) is 2.70. The Morgan fingerprint density at radius 3 is 2.43 bits per heavy atom. The Labute approximate surface area is 177 Å². The maximum absolute atomic E-state index is 12.6. The monoisotopic (exact) mass is 437 g/mol. The van der Waals surface area contributed by atoms with Crippen molar-refractivity contribution in [2.45, 2.75) is 26.4 Å². The minimum atomic E-state index is -1.05. The van der Waals surface area contributed by atoms with Gasteiger partial charge in [-0.2, -0.15) is 0 Å². The van der Waals surface area contributed by atoms with E-state index in [0.29, 0.717) is 16.3 Å². The van der Waals surface area contributed by atoms with Crippen LogP contribution in [-0.4, -0.2) is 33.3 Å². The second-order valence-corrected chi connectivity index (χ2v) is 6.70. The van der Waals surface area contributed by atoms with Crippen LogP contribution in [0.1, 0.15) is 28.4 Å². The van der Waals surface area contributed by atoms with Gasteiger partial charge in [-0.1, -0.05) is 23.7 Å². The third kappa shape index (κ3) is 6.42. The Morgan fingerprint density at radius 2 is 1.97 bits per heavy atom. The van der Waals surface area contributed by atoms with E-state index in [0.717, 1.165) is 17.7 Å². The van der Waals surface area contributed by atoms with E-state index < -0.39 is 35.5 Å². The van der Waals surface area contributed by atoms with Gasteiger partial charge in [-0.05, 0) is 49.6 Å². The number of halogens is 2. The summed E-state index contributed by atoms with van der Waals surface area (Å²) in [5, 5.41) is 27.6. The van der Waals surface area contributed by atoms with Crippen molar-refractivity contribution in [2.24, 2.45) is 11.8 Å². The number of aliphatic carboxylic acids is 1. The number of nitrogen functional groups attached to an aromatic ring is 1. The highest BCUT2D eigenvalue weighted by atomic mass is 35.5. The molecule has 2 aromatic rings. The highest BCUT2D eigenvalue weighted by Crippen LogP contribution is 2.31. The fourth-order valence-corrected chi connectivity index (χ4v) is 2.68. The number of nitrogens with zero attached hydrogens (tertiary/aromatic N) is 1. The molecule has 160 valence electrons. The molecule has 2 rings (SSSR count). The first-order valence-electron chi connectivity index (χ1n) is 8.59. The van der Waals surface area contributed by atoms with Gasteiger partial charge in [0.25, 0.3) is 5.91 Å². The lowest BCUT2D eigenvalue weighted by Crippen LogP contribution is -2.29. The van der Waals surface area contributed by atoms with Gasteiger partial charge in [0, 0.05) is 5.56 Å². The molecule has 0 aliphatic rings. The molecule has 1 amide bonds. The first-order chi connectivity index (χ1) is 14.0. The van der Waals surface area contributed by atoms with Crippen LogP contribution >= 0.6 is 11.6 Å². The van der Waals surface area contributed by atoms with E-state index in [2.05, 4.69) is 4.85 Å². The minimum absolute atomic E-state index is 0.0628. The van der Waals surface area contributed by atoms with Crippen molar-refractivity contribution >= 4 is 29.2 Å². The summed E-state index contributed by atoms with van der Waals surface area (Å²) < 4.78 is 12.6. The molecule has 10 heteroatoms. The topological polar surface area (TPSA) is 137 Å². The first-order valence-corrected chi connectivity index (χ1v) is 8.97. The van der Waals surface area contributed by atoms with E-state index in [4.69, 9.17) is 34.2 Å². The molecule has 0 aliphatic heterocycles. The minimum Gasteiger partial charge on any atom is -0.505 e. The number of carboxylic acids is 1. The molecule has 0 spiro atoms. The summed E-state index contributed by atoms with van der Waals surface area (Å²) >= 11 is 6.02. The van der Waals surface area contributed by atoms with Crippen molar-refractivity contribution in [2.75, 3.05) is 0 Å². The van der Waals surface area contributed by atoms with Gasteiger partial charge in [0.2, 0.25) is 5.69 Å². The number of phenolic OH excluding ortho intramolecular Hbond substituents is 1. The standard InChI is InChI=1S/C13H14ClNO3.C7H7FN2O2/c1-7-9(4-5-11(15-3)12(7)14)6-10(8(2)16)13(17)18;8-5-3-4(7(12)10-9)1-2-6(5)11/h4-5,8,10,16H,6H2,1-2H3,(H,17,18);1-3,11H,9H2,(H,10,12)/t8-,10+;/m0./s1. The SMILES string of the molecule is NNC(=O)c1ccc(O)c(F)c1.[C-]#[N+]c1ccc(C[C@@H](C(=O)O)[C@H](C)O)c(C)c1Cl. The molecule has 0 saturated carbocycles. The van der Waals surface area contributed by atoms with E-state index in [1.807, 2.05) is 5.43 Å². The first kappa shape index (κ1) is 24.8. The van der Waals surface area contributed by atoms with E-state index in [1.165, 1.54) is 13.0 Å². The molecular weight excluding hydrogens is 417 g/mol. The van der Waals surface area contributed by atoms with Crippen molar-refractivity contribution < 1.29 is 29.3 Å². The fourth-order valence-electron chi connectivity index (χ4n) is 2.45. The summed E-state index contributed by atoms with van der Waals surface area (Å²) in [5.74, 6) is 0.934. The number of carbonyl (C=O) groups is 2. The molecule has 0 unspecified atom stereocenters. The average molecular weight is 438 g/mol. The lowest BCUT2D eigenvalue weighted by Gasteiger charge is -2.17. The number of benzene rings is 2. The number of aromatic hydroxyl groups is 1. The number of hydrazine groups is 1. The van der Waals surface area contributed by atoms with Crippen LogP contribution in [0.3, 0.4) is 0 Å². The molecule has 0 saturated heterocycles. The van der Waals surface area contributed by atoms with Gasteiger partial charge in [0.15, 0.2) is 11.6 Å². The van der Waals surface area contributed by atoms with Crippen molar-refractivity contribution in [1.82, 2.24) is 5.43 Å². The molecule has 6 N–H and O–H groups in total. The van der Waals surface area contributed by atoms with Gasteiger partial charge in [-0.25, -0.2) is 15.1 Å². The van der Waals surface area contributed by atoms with Crippen LogP contribution in [0.5, 0.6) is 5.75 Å². The highest BCUT2D eigenvalue weighted by molar-refractivity contribution is 6.34. The third-order valence-corrected chi connectivity index (χ3v) is 4.76. The fraction of sp³-hybridized carbons (Fsp3) is 0.250. The number of rotatable bonds is 5. The smallest absolute Gasteiger partial charge is 0.309 e. The van der Waals surface area contributed by atoms with Crippen LogP contribution in [0.15, 0.2) is 30.3 Å². The molecule has 0 aliphatic carbocycles. The molecular formula is C20H21ClFN3O5. The summed E-state index contributed by atoms with van der Waals surface area (Å²) in [6, 6.07) is 6.50. The van der Waals surface area contributed by atoms with Gasteiger partial charge in [-0.3, -0.25) is 15.0 Å².